The Hall–Kier alpha value is -1.26. The van der Waals surface area contributed by atoms with E-state index in [0.717, 1.165) is 5.56 Å². The maximum Gasteiger partial charge on any atom is 0.130 e. The molecule has 0 spiro atoms. The van der Waals surface area contributed by atoms with Gasteiger partial charge in [-0.3, -0.25) is 4.98 Å². The standard InChI is InChI=1S/C13H11BrFNO/c14-10-1-2-11(12(15)8-10)13(17)7-9-3-5-16-6-4-9/h1-6,8,13,17H,7H2. The van der Waals surface area contributed by atoms with Crippen molar-refractivity contribution >= 4 is 15.9 Å². The molecule has 0 radical (unpaired) electrons. The van der Waals surface area contributed by atoms with Crippen molar-refractivity contribution in [2.24, 2.45) is 0 Å². The second kappa shape index (κ2) is 5.38. The maximum atomic E-state index is 13.6. The predicted octanol–water partition coefficient (Wildman–Crippen LogP) is 3.26. The molecule has 1 aromatic heterocycles. The number of nitrogens with zero attached hydrogens (tertiary/aromatic N) is 1. The minimum absolute atomic E-state index is 0.310. The molecule has 0 aliphatic carbocycles. The zero-order chi connectivity index (χ0) is 12.3. The van der Waals surface area contributed by atoms with Crippen molar-refractivity contribution in [3.05, 3.63) is 64.1 Å². The van der Waals surface area contributed by atoms with Crippen LogP contribution in [0.1, 0.15) is 17.2 Å². The van der Waals surface area contributed by atoms with Crippen molar-refractivity contribution in [2.75, 3.05) is 0 Å². The summed E-state index contributed by atoms with van der Waals surface area (Å²) in [6, 6.07) is 8.27. The molecule has 2 aromatic rings. The first-order valence-corrected chi connectivity index (χ1v) is 5.98. The van der Waals surface area contributed by atoms with Gasteiger partial charge in [-0.25, -0.2) is 4.39 Å². The van der Waals surface area contributed by atoms with E-state index in [1.165, 1.54) is 6.07 Å². The molecule has 4 heteroatoms. The van der Waals surface area contributed by atoms with Gasteiger partial charge in [0.2, 0.25) is 0 Å². The lowest BCUT2D eigenvalue weighted by Gasteiger charge is -2.12. The topological polar surface area (TPSA) is 33.1 Å². The number of aliphatic hydroxyl groups excluding tert-OH is 1. The number of hydrogen-bond acceptors (Lipinski definition) is 2. The third-order valence-corrected chi connectivity index (χ3v) is 2.99. The Balaban J connectivity index is 2.17. The van der Waals surface area contributed by atoms with Crippen molar-refractivity contribution in [3.63, 3.8) is 0 Å². The van der Waals surface area contributed by atoms with Crippen LogP contribution in [0.5, 0.6) is 0 Å². The molecule has 0 saturated carbocycles. The highest BCUT2D eigenvalue weighted by molar-refractivity contribution is 9.10. The van der Waals surface area contributed by atoms with E-state index in [1.54, 1.807) is 36.7 Å². The average molecular weight is 296 g/mol. The Morgan fingerprint density at radius 1 is 1.24 bits per heavy atom. The third kappa shape index (κ3) is 3.11. The summed E-state index contributed by atoms with van der Waals surface area (Å²) >= 11 is 3.18. The van der Waals surface area contributed by atoms with Gasteiger partial charge in [-0.15, -0.1) is 0 Å². The van der Waals surface area contributed by atoms with Gasteiger partial charge in [0.15, 0.2) is 0 Å². The molecule has 1 heterocycles. The quantitative estimate of drug-likeness (QED) is 0.943. The fourth-order valence-corrected chi connectivity index (χ4v) is 1.96. The molecule has 1 unspecified atom stereocenters. The van der Waals surface area contributed by atoms with Crippen LogP contribution in [-0.2, 0) is 6.42 Å². The molecule has 1 N–H and O–H groups in total. The van der Waals surface area contributed by atoms with Gasteiger partial charge in [0.1, 0.15) is 5.82 Å². The van der Waals surface area contributed by atoms with Crippen molar-refractivity contribution in [2.45, 2.75) is 12.5 Å². The first kappa shape index (κ1) is 12.2. The van der Waals surface area contributed by atoms with E-state index < -0.39 is 11.9 Å². The molecule has 17 heavy (non-hydrogen) atoms. The Bertz CT molecular complexity index is 504. The highest BCUT2D eigenvalue weighted by Crippen LogP contribution is 2.23. The van der Waals surface area contributed by atoms with Crippen molar-refractivity contribution < 1.29 is 9.50 Å². The van der Waals surface area contributed by atoms with Crippen LogP contribution in [0.3, 0.4) is 0 Å². The molecule has 1 atom stereocenters. The first-order valence-electron chi connectivity index (χ1n) is 5.19. The van der Waals surface area contributed by atoms with Crippen LogP contribution in [-0.4, -0.2) is 10.1 Å². The molecule has 0 aliphatic heterocycles. The van der Waals surface area contributed by atoms with Gasteiger partial charge >= 0.3 is 0 Å². The van der Waals surface area contributed by atoms with Crippen molar-refractivity contribution in [1.82, 2.24) is 4.98 Å². The van der Waals surface area contributed by atoms with E-state index in [-0.39, 0.29) is 0 Å². The first-order chi connectivity index (χ1) is 8.16. The Morgan fingerprint density at radius 3 is 2.59 bits per heavy atom. The summed E-state index contributed by atoms with van der Waals surface area (Å²) in [5.41, 5.74) is 1.24. The summed E-state index contributed by atoms with van der Waals surface area (Å²) in [6.45, 7) is 0. The molecule has 0 aliphatic rings. The second-order valence-electron chi connectivity index (χ2n) is 3.74. The smallest absolute Gasteiger partial charge is 0.130 e. The molecular formula is C13H11BrFNO. The van der Waals surface area contributed by atoms with E-state index in [1.807, 2.05) is 0 Å². The van der Waals surface area contributed by atoms with Gasteiger partial charge in [0, 0.05) is 28.9 Å². The Labute approximate surface area is 107 Å². The lowest BCUT2D eigenvalue weighted by molar-refractivity contribution is 0.173. The van der Waals surface area contributed by atoms with Gasteiger partial charge in [0.25, 0.3) is 0 Å². The van der Waals surface area contributed by atoms with E-state index in [4.69, 9.17) is 0 Å². The summed E-state index contributed by atoms with van der Waals surface area (Å²) in [5.74, 6) is -0.402. The lowest BCUT2D eigenvalue weighted by Crippen LogP contribution is -2.04. The van der Waals surface area contributed by atoms with Crippen LogP contribution in [0.15, 0.2) is 47.2 Å². The highest BCUT2D eigenvalue weighted by Gasteiger charge is 2.13. The normalized spacial score (nSPS) is 12.4. The van der Waals surface area contributed by atoms with E-state index in [0.29, 0.717) is 16.5 Å². The molecule has 2 rings (SSSR count). The molecule has 0 saturated heterocycles. The average Bonchev–Trinajstić information content (AvgIpc) is 2.30. The molecule has 0 fully saturated rings. The number of benzene rings is 1. The lowest BCUT2D eigenvalue weighted by atomic mass is 10.0. The largest absolute Gasteiger partial charge is 0.388 e. The fourth-order valence-electron chi connectivity index (χ4n) is 1.62. The summed E-state index contributed by atoms with van der Waals surface area (Å²) in [5, 5.41) is 9.97. The molecule has 0 bridgehead atoms. The van der Waals surface area contributed by atoms with Crippen LogP contribution >= 0.6 is 15.9 Å². The van der Waals surface area contributed by atoms with E-state index >= 15 is 0 Å². The van der Waals surface area contributed by atoms with Gasteiger partial charge < -0.3 is 5.11 Å². The molecular weight excluding hydrogens is 285 g/mol. The Morgan fingerprint density at radius 2 is 1.94 bits per heavy atom. The van der Waals surface area contributed by atoms with Gasteiger partial charge in [-0.2, -0.15) is 0 Å². The van der Waals surface area contributed by atoms with Gasteiger partial charge in [-0.05, 0) is 29.8 Å². The minimum atomic E-state index is -0.842. The number of halogens is 2. The number of rotatable bonds is 3. The number of aromatic nitrogens is 1. The van der Waals surface area contributed by atoms with Crippen molar-refractivity contribution in [1.29, 1.82) is 0 Å². The van der Waals surface area contributed by atoms with Crippen LogP contribution in [0.2, 0.25) is 0 Å². The zero-order valence-corrected chi connectivity index (χ0v) is 10.6. The third-order valence-electron chi connectivity index (χ3n) is 2.50. The van der Waals surface area contributed by atoms with Crippen LogP contribution < -0.4 is 0 Å². The monoisotopic (exact) mass is 295 g/mol. The SMILES string of the molecule is OC(Cc1ccncc1)c1ccc(Br)cc1F. The number of aliphatic hydroxyl groups is 1. The van der Waals surface area contributed by atoms with E-state index in [2.05, 4.69) is 20.9 Å². The van der Waals surface area contributed by atoms with Crippen LogP contribution in [0, 0.1) is 5.82 Å². The summed E-state index contributed by atoms with van der Waals surface area (Å²) in [4.78, 5) is 3.89. The number of pyridine rings is 1. The Kier molecular flexibility index (Phi) is 3.86. The van der Waals surface area contributed by atoms with Crippen molar-refractivity contribution in [3.8, 4) is 0 Å². The molecule has 1 aromatic carbocycles. The zero-order valence-electron chi connectivity index (χ0n) is 8.98. The maximum absolute atomic E-state index is 13.6. The predicted molar refractivity (Wildman–Crippen MR) is 67.0 cm³/mol. The highest BCUT2D eigenvalue weighted by atomic mass is 79.9. The molecule has 0 amide bonds. The molecule has 2 nitrogen and oxygen atoms in total. The number of hydrogen-bond donors (Lipinski definition) is 1. The van der Waals surface area contributed by atoms with Gasteiger partial charge in [-0.1, -0.05) is 22.0 Å². The fraction of sp³-hybridized carbons (Fsp3) is 0.154. The summed E-state index contributed by atoms with van der Waals surface area (Å²) < 4.78 is 14.3. The van der Waals surface area contributed by atoms with E-state index in [9.17, 15) is 9.50 Å². The van der Waals surface area contributed by atoms with Crippen LogP contribution in [0.4, 0.5) is 4.39 Å². The summed E-state index contributed by atoms with van der Waals surface area (Å²) in [7, 11) is 0. The van der Waals surface area contributed by atoms with Gasteiger partial charge in [0.05, 0.1) is 6.10 Å². The minimum Gasteiger partial charge on any atom is -0.388 e. The van der Waals surface area contributed by atoms with Crippen LogP contribution in [0.25, 0.3) is 0 Å². The summed E-state index contributed by atoms with van der Waals surface area (Å²) in [6.07, 6.45) is 2.84. The second-order valence-corrected chi connectivity index (χ2v) is 4.66. The molecule has 88 valence electrons.